The largest absolute Gasteiger partial charge is 0.496 e. The maximum absolute atomic E-state index is 11.8. The van der Waals surface area contributed by atoms with E-state index in [0.29, 0.717) is 12.3 Å². The summed E-state index contributed by atoms with van der Waals surface area (Å²) in [5.41, 5.74) is 1.24. The first-order valence-electron chi connectivity index (χ1n) is 7.47. The van der Waals surface area contributed by atoms with Crippen molar-refractivity contribution < 1.29 is 14.3 Å². The maximum atomic E-state index is 11.8. The van der Waals surface area contributed by atoms with Gasteiger partial charge in [0.05, 0.1) is 12.1 Å². The van der Waals surface area contributed by atoms with E-state index in [9.17, 15) is 4.79 Å². The van der Waals surface area contributed by atoms with E-state index in [-0.39, 0.29) is 0 Å². The Labute approximate surface area is 142 Å². The third-order valence-electron chi connectivity index (χ3n) is 2.70. The van der Waals surface area contributed by atoms with E-state index in [4.69, 9.17) is 9.47 Å². The highest BCUT2D eigenvalue weighted by atomic mass is 32.2. The number of carbonyl (C=O) groups excluding carboxylic acids is 1. The number of carbonyl (C=O) groups is 1. The fraction of sp³-hybridized carbons (Fsp3) is 0.471. The molecule has 1 aromatic carbocycles. The smallest absolute Gasteiger partial charge is 0.407 e. The van der Waals surface area contributed by atoms with E-state index in [1.807, 2.05) is 39.0 Å². The summed E-state index contributed by atoms with van der Waals surface area (Å²) < 4.78 is 10.6. The summed E-state index contributed by atoms with van der Waals surface area (Å²) >= 11 is 1.64. The van der Waals surface area contributed by atoms with E-state index >= 15 is 0 Å². The van der Waals surface area contributed by atoms with E-state index < -0.39 is 11.7 Å². The molecule has 0 saturated heterocycles. The molecular formula is C17H26N2O3S. The highest BCUT2D eigenvalue weighted by Gasteiger charge is 2.16. The Hall–Kier alpha value is -1.82. The number of nitrogens with one attached hydrogen (secondary N) is 2. The average Bonchev–Trinajstić information content (AvgIpc) is 2.43. The Morgan fingerprint density at radius 2 is 2.04 bits per heavy atom. The zero-order valence-corrected chi connectivity index (χ0v) is 15.3. The van der Waals surface area contributed by atoms with Crippen molar-refractivity contribution in [3.8, 4) is 5.75 Å². The van der Waals surface area contributed by atoms with Crippen molar-refractivity contribution >= 4 is 23.5 Å². The number of benzene rings is 1. The van der Waals surface area contributed by atoms with E-state index in [1.165, 1.54) is 0 Å². The molecule has 1 amide bonds. The van der Waals surface area contributed by atoms with Gasteiger partial charge >= 0.3 is 6.09 Å². The van der Waals surface area contributed by atoms with E-state index in [0.717, 1.165) is 22.0 Å². The Balaban J connectivity index is 2.75. The van der Waals surface area contributed by atoms with Crippen LogP contribution in [0.25, 0.3) is 0 Å². The minimum absolute atomic E-state index is 0.320. The molecule has 23 heavy (non-hydrogen) atoms. The quantitative estimate of drug-likeness (QED) is 0.774. The molecule has 0 aliphatic rings. The van der Waals surface area contributed by atoms with Crippen molar-refractivity contribution in [1.82, 2.24) is 5.32 Å². The van der Waals surface area contributed by atoms with Crippen molar-refractivity contribution in [2.24, 2.45) is 0 Å². The fourth-order valence-electron chi connectivity index (χ4n) is 1.85. The first-order valence-corrected chi connectivity index (χ1v) is 8.46. The Morgan fingerprint density at radius 3 is 2.61 bits per heavy atom. The van der Waals surface area contributed by atoms with Crippen LogP contribution in [0.1, 0.15) is 33.3 Å². The maximum Gasteiger partial charge on any atom is 0.407 e. The number of amides is 1. The van der Waals surface area contributed by atoms with Crippen molar-refractivity contribution in [3.05, 3.63) is 35.4 Å². The van der Waals surface area contributed by atoms with Crippen LogP contribution in [0.3, 0.4) is 0 Å². The average molecular weight is 338 g/mol. The predicted molar refractivity (Wildman–Crippen MR) is 97.0 cm³/mol. The molecule has 0 heterocycles. The van der Waals surface area contributed by atoms with E-state index in [1.54, 1.807) is 18.9 Å². The third-order valence-corrected chi connectivity index (χ3v) is 3.44. The molecule has 0 bridgehead atoms. The topological polar surface area (TPSA) is 59.6 Å². The molecule has 0 aliphatic carbocycles. The van der Waals surface area contributed by atoms with Gasteiger partial charge in [-0.3, -0.25) is 0 Å². The highest BCUT2D eigenvalue weighted by molar-refractivity contribution is 8.03. The van der Waals surface area contributed by atoms with Crippen LogP contribution in [0.5, 0.6) is 5.75 Å². The summed E-state index contributed by atoms with van der Waals surface area (Å²) in [4.78, 5) is 11.8. The molecule has 6 heteroatoms. The standard InChI is InChI=1S/C17H26N2O3S/c1-7-23-12(2)19-14-8-9-15(21-6)13(10-14)11-18-16(20)22-17(3,4)5/h8-10,19H,2,7,11H2,1,3-6H3,(H,18,20). The lowest BCUT2D eigenvalue weighted by Crippen LogP contribution is -2.32. The SMILES string of the molecule is C=C(Nc1ccc(OC)c(CNC(=O)OC(C)(C)C)c1)SCC. The normalized spacial score (nSPS) is 10.8. The Kier molecular flexibility index (Phi) is 7.29. The minimum Gasteiger partial charge on any atom is -0.496 e. The van der Waals surface area contributed by atoms with Gasteiger partial charge in [0.2, 0.25) is 0 Å². The molecule has 0 spiro atoms. The fourth-order valence-corrected chi connectivity index (χ4v) is 2.39. The van der Waals surface area contributed by atoms with Gasteiger partial charge in [0.1, 0.15) is 11.4 Å². The van der Waals surface area contributed by atoms with E-state index in [2.05, 4.69) is 24.1 Å². The van der Waals surface area contributed by atoms with Crippen molar-refractivity contribution in [3.63, 3.8) is 0 Å². The number of rotatable bonds is 7. The first kappa shape index (κ1) is 19.2. The summed E-state index contributed by atoms with van der Waals surface area (Å²) in [5, 5.41) is 6.85. The van der Waals surface area contributed by atoms with Gasteiger partial charge in [-0.15, -0.1) is 11.8 Å². The van der Waals surface area contributed by atoms with Gasteiger partial charge in [-0.2, -0.15) is 0 Å². The summed E-state index contributed by atoms with van der Waals surface area (Å²) in [6.07, 6.45) is -0.455. The van der Waals surface area contributed by atoms with Crippen LogP contribution in [-0.4, -0.2) is 24.6 Å². The van der Waals surface area contributed by atoms with Gasteiger partial charge in [0, 0.05) is 17.8 Å². The second-order valence-electron chi connectivity index (χ2n) is 5.86. The minimum atomic E-state index is -0.521. The lowest BCUT2D eigenvalue weighted by atomic mass is 10.1. The molecule has 0 saturated carbocycles. The summed E-state index contributed by atoms with van der Waals surface area (Å²) in [5.74, 6) is 1.66. The number of anilines is 1. The molecule has 2 N–H and O–H groups in total. The van der Waals surface area contributed by atoms with Crippen LogP contribution in [0.2, 0.25) is 0 Å². The summed E-state index contributed by atoms with van der Waals surface area (Å²) in [7, 11) is 1.60. The summed E-state index contributed by atoms with van der Waals surface area (Å²) in [6, 6.07) is 5.70. The lowest BCUT2D eigenvalue weighted by Gasteiger charge is -2.20. The van der Waals surface area contributed by atoms with Crippen LogP contribution < -0.4 is 15.4 Å². The predicted octanol–water partition coefficient (Wildman–Crippen LogP) is 4.36. The third kappa shape index (κ3) is 7.32. The number of ether oxygens (including phenoxy) is 2. The number of thioether (sulfide) groups is 1. The number of hydrogen-bond donors (Lipinski definition) is 2. The van der Waals surface area contributed by atoms with Crippen LogP contribution >= 0.6 is 11.8 Å². The highest BCUT2D eigenvalue weighted by Crippen LogP contribution is 2.25. The molecule has 1 aromatic rings. The van der Waals surface area contributed by atoms with Gasteiger partial charge in [0.15, 0.2) is 0 Å². The molecule has 0 aliphatic heterocycles. The number of alkyl carbamates (subject to hydrolysis) is 1. The van der Waals surface area contributed by atoms with Gasteiger partial charge in [0.25, 0.3) is 0 Å². The van der Waals surface area contributed by atoms with Crippen LogP contribution in [0.15, 0.2) is 29.8 Å². The van der Waals surface area contributed by atoms with Crippen molar-refractivity contribution in [1.29, 1.82) is 0 Å². The summed E-state index contributed by atoms with van der Waals surface area (Å²) in [6.45, 7) is 11.8. The molecule has 0 fully saturated rings. The van der Waals surface area contributed by atoms with Crippen molar-refractivity contribution in [2.75, 3.05) is 18.2 Å². The number of methoxy groups -OCH3 is 1. The molecule has 128 valence electrons. The van der Waals surface area contributed by atoms with Crippen LogP contribution in [0.4, 0.5) is 10.5 Å². The van der Waals surface area contributed by atoms with Gasteiger partial charge in [-0.1, -0.05) is 13.5 Å². The zero-order valence-electron chi connectivity index (χ0n) is 14.5. The van der Waals surface area contributed by atoms with Crippen LogP contribution in [-0.2, 0) is 11.3 Å². The lowest BCUT2D eigenvalue weighted by molar-refractivity contribution is 0.0523. The molecule has 0 unspecified atom stereocenters. The second-order valence-corrected chi connectivity index (χ2v) is 7.22. The first-order chi connectivity index (χ1) is 10.7. The van der Waals surface area contributed by atoms with Crippen LogP contribution in [0, 0.1) is 0 Å². The second kappa shape index (κ2) is 8.72. The molecular weight excluding hydrogens is 312 g/mol. The molecule has 0 radical (unpaired) electrons. The molecule has 0 aromatic heterocycles. The Morgan fingerprint density at radius 1 is 1.35 bits per heavy atom. The molecule has 5 nitrogen and oxygen atoms in total. The van der Waals surface area contributed by atoms with Gasteiger partial charge in [-0.25, -0.2) is 4.79 Å². The van der Waals surface area contributed by atoms with Gasteiger partial charge in [-0.05, 0) is 44.7 Å². The molecule has 1 rings (SSSR count). The molecule has 0 atom stereocenters. The number of hydrogen-bond acceptors (Lipinski definition) is 5. The zero-order chi connectivity index (χ0) is 17.5. The van der Waals surface area contributed by atoms with Crippen molar-refractivity contribution in [2.45, 2.75) is 39.8 Å². The Bertz CT molecular complexity index is 553. The monoisotopic (exact) mass is 338 g/mol. The van der Waals surface area contributed by atoms with Gasteiger partial charge < -0.3 is 20.1 Å².